The lowest BCUT2D eigenvalue weighted by atomic mass is 9.97. The maximum atomic E-state index is 6.73. The molecule has 4 rings (SSSR count). The van der Waals surface area contributed by atoms with Crippen LogP contribution in [-0.2, 0) is 13.1 Å². The van der Waals surface area contributed by atoms with E-state index in [-0.39, 0.29) is 0 Å². The van der Waals surface area contributed by atoms with Crippen LogP contribution < -0.4 is 10.6 Å². The van der Waals surface area contributed by atoms with Crippen LogP contribution in [0.4, 0.5) is 5.69 Å². The fourth-order valence-corrected chi connectivity index (χ4v) is 3.48. The number of hydrogen-bond acceptors (Lipinski definition) is 4. The molecule has 4 nitrogen and oxygen atoms in total. The minimum absolute atomic E-state index is 0.593. The van der Waals surface area contributed by atoms with Crippen LogP contribution in [0.25, 0.3) is 22.6 Å². The van der Waals surface area contributed by atoms with Crippen LogP contribution in [0, 0.1) is 6.92 Å². The number of hydrogen-bond donors (Lipinski definition) is 2. The third kappa shape index (κ3) is 2.39. The summed E-state index contributed by atoms with van der Waals surface area (Å²) in [5.41, 5.74) is 6.15. The van der Waals surface area contributed by atoms with Crippen LogP contribution in [0.2, 0.25) is 5.02 Å². The van der Waals surface area contributed by atoms with Crippen molar-refractivity contribution < 1.29 is 4.42 Å². The average molecular weight is 340 g/mol. The van der Waals surface area contributed by atoms with E-state index >= 15 is 0 Å². The van der Waals surface area contributed by atoms with Crippen LogP contribution in [0.15, 0.2) is 40.8 Å². The van der Waals surface area contributed by atoms with Crippen molar-refractivity contribution in [3.63, 3.8) is 0 Å². The summed E-state index contributed by atoms with van der Waals surface area (Å²) in [5, 5.41) is 7.11. The molecule has 0 radical (unpaired) electrons. The number of nitrogens with zero attached hydrogens (tertiary/aromatic N) is 1. The summed E-state index contributed by atoms with van der Waals surface area (Å²) >= 11 is 6.73. The molecule has 0 spiro atoms. The fourth-order valence-electron chi connectivity index (χ4n) is 3.17. The molecule has 1 aliphatic rings. The van der Waals surface area contributed by atoms with Gasteiger partial charge in [-0.2, -0.15) is 0 Å². The van der Waals surface area contributed by atoms with Gasteiger partial charge in [-0.25, -0.2) is 4.98 Å². The van der Waals surface area contributed by atoms with Gasteiger partial charge in [0.2, 0.25) is 5.89 Å². The first-order valence-corrected chi connectivity index (χ1v) is 8.32. The van der Waals surface area contributed by atoms with Crippen molar-refractivity contribution in [1.29, 1.82) is 0 Å². The van der Waals surface area contributed by atoms with Crippen LogP contribution in [0.1, 0.15) is 17.0 Å². The molecular formula is C19H18ClN3O. The number of nitrogens with one attached hydrogen (secondary N) is 2. The standard InChI is InChI=1S/C19H18ClN3O/c1-11-12(5-4-8-15(11)21-2)13-6-3-7-14(18(13)20)19-23-16-9-22-10-17(16)24-19/h3-8,21-22H,9-10H2,1-2H3. The van der Waals surface area contributed by atoms with Crippen molar-refractivity contribution in [1.82, 2.24) is 10.3 Å². The van der Waals surface area contributed by atoms with E-state index < -0.39 is 0 Å². The third-order valence-corrected chi connectivity index (χ3v) is 4.89. The Morgan fingerprint density at radius 1 is 1.08 bits per heavy atom. The number of halogens is 1. The highest BCUT2D eigenvalue weighted by molar-refractivity contribution is 6.36. The van der Waals surface area contributed by atoms with Gasteiger partial charge >= 0.3 is 0 Å². The second-order valence-electron chi connectivity index (χ2n) is 5.89. The molecule has 122 valence electrons. The van der Waals surface area contributed by atoms with Crippen molar-refractivity contribution in [3.05, 3.63) is 58.4 Å². The van der Waals surface area contributed by atoms with Crippen molar-refractivity contribution >= 4 is 17.3 Å². The quantitative estimate of drug-likeness (QED) is 0.731. The van der Waals surface area contributed by atoms with Crippen molar-refractivity contribution in [2.75, 3.05) is 12.4 Å². The number of rotatable bonds is 3. The zero-order chi connectivity index (χ0) is 16.7. The van der Waals surface area contributed by atoms with E-state index in [1.165, 1.54) is 0 Å². The first kappa shape index (κ1) is 15.2. The monoisotopic (exact) mass is 339 g/mol. The summed E-state index contributed by atoms with van der Waals surface area (Å²) in [6, 6.07) is 12.2. The first-order chi connectivity index (χ1) is 11.7. The minimum atomic E-state index is 0.593. The highest BCUT2D eigenvalue weighted by Crippen LogP contribution is 2.39. The topological polar surface area (TPSA) is 50.1 Å². The highest BCUT2D eigenvalue weighted by Gasteiger charge is 2.21. The minimum Gasteiger partial charge on any atom is -0.439 e. The van der Waals surface area contributed by atoms with Crippen LogP contribution in [-0.4, -0.2) is 12.0 Å². The number of oxazole rings is 1. The molecule has 0 saturated carbocycles. The van der Waals surface area contributed by atoms with E-state index in [1.807, 2.05) is 31.3 Å². The van der Waals surface area contributed by atoms with E-state index in [0.717, 1.165) is 52.5 Å². The van der Waals surface area contributed by atoms with Gasteiger partial charge in [-0.3, -0.25) is 0 Å². The van der Waals surface area contributed by atoms with Gasteiger partial charge in [-0.15, -0.1) is 0 Å². The Labute approximate surface area is 145 Å². The second-order valence-corrected chi connectivity index (χ2v) is 6.27. The third-order valence-electron chi connectivity index (χ3n) is 4.48. The van der Waals surface area contributed by atoms with E-state index in [0.29, 0.717) is 10.9 Å². The zero-order valence-electron chi connectivity index (χ0n) is 13.6. The van der Waals surface area contributed by atoms with Gasteiger partial charge in [-0.1, -0.05) is 35.9 Å². The fraction of sp³-hybridized carbons (Fsp3) is 0.211. The Hall–Kier alpha value is -2.30. The molecule has 0 saturated heterocycles. The Bertz CT molecular complexity index is 895. The summed E-state index contributed by atoms with van der Waals surface area (Å²) in [6.07, 6.45) is 0. The van der Waals surface area contributed by atoms with E-state index in [2.05, 4.69) is 34.7 Å². The molecule has 0 fully saturated rings. The molecule has 5 heteroatoms. The number of aromatic nitrogens is 1. The largest absolute Gasteiger partial charge is 0.439 e. The van der Waals surface area contributed by atoms with Gasteiger partial charge in [0.1, 0.15) is 5.76 Å². The first-order valence-electron chi connectivity index (χ1n) is 7.95. The molecule has 0 unspecified atom stereocenters. The molecule has 1 aliphatic heterocycles. The zero-order valence-corrected chi connectivity index (χ0v) is 14.4. The molecule has 1 aromatic heterocycles. The Morgan fingerprint density at radius 3 is 2.62 bits per heavy atom. The smallest absolute Gasteiger partial charge is 0.228 e. The van der Waals surface area contributed by atoms with Crippen molar-refractivity contribution in [3.8, 4) is 22.6 Å². The lowest BCUT2D eigenvalue weighted by Gasteiger charge is -2.13. The van der Waals surface area contributed by atoms with Crippen molar-refractivity contribution in [2.24, 2.45) is 0 Å². The van der Waals surface area contributed by atoms with Gasteiger partial charge in [-0.05, 0) is 30.2 Å². The van der Waals surface area contributed by atoms with Gasteiger partial charge < -0.3 is 15.1 Å². The Kier molecular flexibility index (Phi) is 3.79. The van der Waals surface area contributed by atoms with Gasteiger partial charge in [0.25, 0.3) is 0 Å². The molecule has 2 aromatic carbocycles. The SMILES string of the molecule is CNc1cccc(-c2cccc(-c3nc4c(o3)CNC4)c2Cl)c1C. The van der Waals surface area contributed by atoms with E-state index in [4.69, 9.17) is 16.0 Å². The summed E-state index contributed by atoms with van der Waals surface area (Å²) in [7, 11) is 1.92. The summed E-state index contributed by atoms with van der Waals surface area (Å²) < 4.78 is 5.89. The summed E-state index contributed by atoms with van der Waals surface area (Å²) in [6.45, 7) is 3.57. The van der Waals surface area contributed by atoms with E-state index in [9.17, 15) is 0 Å². The van der Waals surface area contributed by atoms with Crippen LogP contribution in [0.3, 0.4) is 0 Å². The molecule has 24 heavy (non-hydrogen) atoms. The van der Waals surface area contributed by atoms with Crippen molar-refractivity contribution in [2.45, 2.75) is 20.0 Å². The van der Waals surface area contributed by atoms with Gasteiger partial charge in [0.05, 0.1) is 22.8 Å². The normalized spacial score (nSPS) is 13.1. The second kappa shape index (κ2) is 5.96. The maximum Gasteiger partial charge on any atom is 0.228 e. The molecule has 2 N–H and O–H groups in total. The van der Waals surface area contributed by atoms with Crippen LogP contribution in [0.5, 0.6) is 0 Å². The molecule has 0 amide bonds. The molecule has 3 aromatic rings. The average Bonchev–Trinajstić information content (AvgIpc) is 3.17. The molecule has 0 aliphatic carbocycles. The molecule has 0 atom stereocenters. The molecular weight excluding hydrogens is 322 g/mol. The lowest BCUT2D eigenvalue weighted by molar-refractivity contribution is 0.511. The highest BCUT2D eigenvalue weighted by atomic mass is 35.5. The lowest BCUT2D eigenvalue weighted by Crippen LogP contribution is -2.01. The summed E-state index contributed by atoms with van der Waals surface area (Å²) in [5.74, 6) is 1.50. The van der Waals surface area contributed by atoms with Crippen LogP contribution >= 0.6 is 11.6 Å². The number of anilines is 1. The van der Waals surface area contributed by atoms with Gasteiger partial charge in [0, 0.05) is 24.8 Å². The number of benzene rings is 2. The maximum absolute atomic E-state index is 6.73. The van der Waals surface area contributed by atoms with E-state index in [1.54, 1.807) is 0 Å². The number of fused-ring (bicyclic) bond motifs is 1. The predicted octanol–water partition coefficient (Wildman–Crippen LogP) is 4.62. The Balaban J connectivity index is 1.84. The Morgan fingerprint density at radius 2 is 1.83 bits per heavy atom. The summed E-state index contributed by atoms with van der Waals surface area (Å²) in [4.78, 5) is 4.59. The van der Waals surface area contributed by atoms with Gasteiger partial charge in [0.15, 0.2) is 0 Å². The predicted molar refractivity (Wildman–Crippen MR) is 97.2 cm³/mol. The molecule has 2 heterocycles. The molecule has 0 bridgehead atoms.